The van der Waals surface area contributed by atoms with Crippen LogP contribution in [0.2, 0.25) is 0 Å². The van der Waals surface area contributed by atoms with Gasteiger partial charge in [-0.15, -0.1) is 5.92 Å². The second-order valence-electron chi connectivity index (χ2n) is 5.81. The van der Waals surface area contributed by atoms with Crippen LogP contribution in [0, 0.1) is 11.8 Å². The lowest BCUT2D eigenvalue weighted by Gasteiger charge is -2.28. The maximum atomic E-state index is 12.9. The second-order valence-corrected chi connectivity index (χ2v) is 5.81. The van der Waals surface area contributed by atoms with E-state index in [0.717, 1.165) is 30.9 Å². The van der Waals surface area contributed by atoms with Crippen LogP contribution in [0.4, 0.5) is 5.95 Å². The first-order valence-corrected chi connectivity index (χ1v) is 8.63. The summed E-state index contributed by atoms with van der Waals surface area (Å²) in [5, 5.41) is 7.37. The minimum absolute atomic E-state index is 0.226. The van der Waals surface area contributed by atoms with E-state index < -0.39 is 5.97 Å². The standard InChI is InChI=1S/C17H22N6O3/c1-3-5-8-22-15-13(20-17(22)21-9-6-18-7-10-21)11-19-23(16(15)25)12-14(24)26-4-2/h11,18H,4,6-10,12H2,1-2H3. The first kappa shape index (κ1) is 17.9. The summed E-state index contributed by atoms with van der Waals surface area (Å²) in [6.45, 7) is 7.16. The third kappa shape index (κ3) is 3.55. The molecule has 9 heteroatoms. The third-order valence-electron chi connectivity index (χ3n) is 4.13. The van der Waals surface area contributed by atoms with Crippen LogP contribution in [0.1, 0.15) is 13.8 Å². The molecule has 2 aromatic heterocycles. The number of carbonyl (C=O) groups excluding carboxylic acids is 1. The van der Waals surface area contributed by atoms with Crippen molar-refractivity contribution in [2.45, 2.75) is 26.9 Å². The number of imidazole rings is 1. The molecule has 1 aliphatic rings. The van der Waals surface area contributed by atoms with Crippen molar-refractivity contribution in [3.05, 3.63) is 16.6 Å². The Labute approximate surface area is 150 Å². The fraction of sp³-hybridized carbons (Fsp3) is 0.529. The second kappa shape index (κ2) is 8.01. The molecule has 0 aliphatic carbocycles. The number of esters is 1. The van der Waals surface area contributed by atoms with E-state index in [9.17, 15) is 9.59 Å². The van der Waals surface area contributed by atoms with Crippen LogP contribution in [0.3, 0.4) is 0 Å². The normalized spacial score (nSPS) is 14.2. The van der Waals surface area contributed by atoms with E-state index in [0.29, 0.717) is 23.5 Å². The topological polar surface area (TPSA) is 94.3 Å². The molecule has 0 spiro atoms. The largest absolute Gasteiger partial charge is 0.465 e. The Morgan fingerprint density at radius 3 is 2.85 bits per heavy atom. The zero-order chi connectivity index (χ0) is 18.5. The average Bonchev–Trinajstić information content (AvgIpc) is 3.02. The first-order valence-electron chi connectivity index (χ1n) is 8.63. The van der Waals surface area contributed by atoms with Gasteiger partial charge in [0.15, 0.2) is 0 Å². The number of aromatic nitrogens is 4. The molecular weight excluding hydrogens is 336 g/mol. The lowest BCUT2D eigenvalue weighted by molar-refractivity contribution is -0.144. The minimum atomic E-state index is -0.497. The summed E-state index contributed by atoms with van der Waals surface area (Å²) in [5.74, 6) is 6.06. The minimum Gasteiger partial charge on any atom is -0.465 e. The lowest BCUT2D eigenvalue weighted by atomic mass is 10.4. The molecule has 1 aliphatic heterocycles. The maximum Gasteiger partial charge on any atom is 0.327 e. The van der Waals surface area contributed by atoms with Crippen LogP contribution in [0.25, 0.3) is 11.0 Å². The zero-order valence-electron chi connectivity index (χ0n) is 15.0. The van der Waals surface area contributed by atoms with Gasteiger partial charge in [0.2, 0.25) is 5.95 Å². The van der Waals surface area contributed by atoms with Gasteiger partial charge in [-0.2, -0.15) is 5.10 Å². The van der Waals surface area contributed by atoms with E-state index in [1.807, 2.05) is 4.57 Å². The molecule has 0 radical (unpaired) electrons. The van der Waals surface area contributed by atoms with Crippen LogP contribution < -0.4 is 15.8 Å². The molecule has 1 fully saturated rings. The number of fused-ring (bicyclic) bond motifs is 1. The molecule has 3 rings (SSSR count). The number of carbonyl (C=O) groups is 1. The summed E-state index contributed by atoms with van der Waals surface area (Å²) in [4.78, 5) is 31.4. The van der Waals surface area contributed by atoms with E-state index in [1.54, 1.807) is 13.8 Å². The summed E-state index contributed by atoms with van der Waals surface area (Å²) in [6.07, 6.45) is 1.51. The number of rotatable bonds is 5. The van der Waals surface area contributed by atoms with Gasteiger partial charge < -0.3 is 15.0 Å². The highest BCUT2D eigenvalue weighted by atomic mass is 16.5. The SMILES string of the molecule is CC#CCn1c(N2CCNCC2)nc2cnn(CC(=O)OCC)c(=O)c21. The highest BCUT2D eigenvalue weighted by molar-refractivity contribution is 5.77. The number of hydrogen-bond donors (Lipinski definition) is 1. The predicted octanol–water partition coefficient (Wildman–Crippen LogP) is -0.411. The fourth-order valence-corrected chi connectivity index (χ4v) is 2.93. The van der Waals surface area contributed by atoms with Crippen molar-refractivity contribution in [2.24, 2.45) is 0 Å². The molecule has 0 atom stereocenters. The van der Waals surface area contributed by atoms with Crippen molar-refractivity contribution in [1.29, 1.82) is 0 Å². The summed E-state index contributed by atoms with van der Waals surface area (Å²) in [6, 6.07) is 0. The van der Waals surface area contributed by atoms with E-state index in [-0.39, 0.29) is 18.7 Å². The molecule has 1 saturated heterocycles. The Morgan fingerprint density at radius 1 is 1.38 bits per heavy atom. The summed E-state index contributed by atoms with van der Waals surface area (Å²) in [7, 11) is 0. The first-order chi connectivity index (χ1) is 12.7. The van der Waals surface area contributed by atoms with Crippen molar-refractivity contribution < 1.29 is 9.53 Å². The van der Waals surface area contributed by atoms with Crippen LogP contribution in [-0.2, 0) is 22.6 Å². The van der Waals surface area contributed by atoms with Crippen LogP contribution in [0.15, 0.2) is 11.0 Å². The van der Waals surface area contributed by atoms with Crippen molar-refractivity contribution in [3.63, 3.8) is 0 Å². The summed E-state index contributed by atoms with van der Waals surface area (Å²) >= 11 is 0. The molecule has 3 heterocycles. The number of anilines is 1. The van der Waals surface area contributed by atoms with Crippen molar-refractivity contribution >= 4 is 23.0 Å². The Kier molecular flexibility index (Phi) is 5.53. The molecule has 138 valence electrons. The van der Waals surface area contributed by atoms with Gasteiger partial charge in [-0.1, -0.05) is 5.92 Å². The van der Waals surface area contributed by atoms with Gasteiger partial charge in [0.05, 0.1) is 19.3 Å². The molecule has 0 amide bonds. The van der Waals surface area contributed by atoms with Crippen molar-refractivity contribution in [1.82, 2.24) is 24.6 Å². The van der Waals surface area contributed by atoms with E-state index in [1.165, 1.54) is 6.20 Å². The van der Waals surface area contributed by atoms with Gasteiger partial charge in [-0.05, 0) is 13.8 Å². The molecular formula is C17H22N6O3. The van der Waals surface area contributed by atoms with E-state index in [2.05, 4.69) is 32.1 Å². The van der Waals surface area contributed by atoms with Gasteiger partial charge in [-0.25, -0.2) is 9.67 Å². The molecule has 0 bridgehead atoms. The van der Waals surface area contributed by atoms with E-state index >= 15 is 0 Å². The molecule has 9 nitrogen and oxygen atoms in total. The Balaban J connectivity index is 2.08. The predicted molar refractivity (Wildman–Crippen MR) is 97.0 cm³/mol. The van der Waals surface area contributed by atoms with Crippen LogP contribution in [0.5, 0.6) is 0 Å². The summed E-state index contributed by atoms with van der Waals surface area (Å²) in [5.41, 5.74) is 0.532. The van der Waals surface area contributed by atoms with Gasteiger partial charge in [0.25, 0.3) is 5.56 Å². The maximum absolute atomic E-state index is 12.9. The quantitative estimate of drug-likeness (QED) is 0.573. The van der Waals surface area contributed by atoms with Crippen molar-refractivity contribution in [3.8, 4) is 11.8 Å². The number of nitrogens with zero attached hydrogens (tertiary/aromatic N) is 5. The number of hydrogen-bond acceptors (Lipinski definition) is 7. The molecule has 26 heavy (non-hydrogen) atoms. The van der Waals surface area contributed by atoms with Gasteiger partial charge in [0.1, 0.15) is 17.6 Å². The Bertz CT molecular complexity index is 914. The number of ether oxygens (including phenoxy) is 1. The highest BCUT2D eigenvalue weighted by Crippen LogP contribution is 2.20. The monoisotopic (exact) mass is 358 g/mol. The third-order valence-corrected chi connectivity index (χ3v) is 4.13. The summed E-state index contributed by atoms with van der Waals surface area (Å²) < 4.78 is 7.83. The fourth-order valence-electron chi connectivity index (χ4n) is 2.93. The van der Waals surface area contributed by atoms with Crippen LogP contribution >= 0.6 is 0 Å². The highest BCUT2D eigenvalue weighted by Gasteiger charge is 2.22. The van der Waals surface area contributed by atoms with Crippen molar-refractivity contribution in [2.75, 3.05) is 37.7 Å². The van der Waals surface area contributed by atoms with Crippen LogP contribution in [-0.4, -0.2) is 58.1 Å². The number of piperazine rings is 1. The van der Waals surface area contributed by atoms with Gasteiger partial charge >= 0.3 is 5.97 Å². The smallest absolute Gasteiger partial charge is 0.327 e. The lowest BCUT2D eigenvalue weighted by Crippen LogP contribution is -2.44. The molecule has 0 aromatic carbocycles. The molecule has 0 unspecified atom stereocenters. The Hall–Kier alpha value is -2.86. The zero-order valence-corrected chi connectivity index (χ0v) is 15.0. The average molecular weight is 358 g/mol. The van der Waals surface area contributed by atoms with E-state index in [4.69, 9.17) is 4.74 Å². The number of nitrogens with one attached hydrogen (secondary N) is 1. The molecule has 1 N–H and O–H groups in total. The van der Waals surface area contributed by atoms with Gasteiger partial charge in [0, 0.05) is 26.2 Å². The van der Waals surface area contributed by atoms with Gasteiger partial charge in [-0.3, -0.25) is 14.2 Å². The Morgan fingerprint density at radius 2 is 2.15 bits per heavy atom. The molecule has 2 aromatic rings. The molecule has 0 saturated carbocycles.